The number of hydrogen-bond donors (Lipinski definition) is 2. The Morgan fingerprint density at radius 3 is 2.38 bits per heavy atom. The Kier molecular flexibility index (Phi) is 4.70. The van der Waals surface area contributed by atoms with Crippen LogP contribution in [0.4, 0.5) is 23.3 Å². The topological polar surface area (TPSA) is 106 Å². The van der Waals surface area contributed by atoms with Crippen molar-refractivity contribution in [1.82, 2.24) is 9.97 Å². The van der Waals surface area contributed by atoms with Crippen molar-refractivity contribution in [2.24, 2.45) is 5.92 Å². The fraction of sp³-hybridized carbons (Fsp3) is 0.733. The average molecular weight is 336 g/mol. The first-order valence-electron chi connectivity index (χ1n) is 8.58. The zero-order valence-electron chi connectivity index (χ0n) is 14.4. The molecule has 2 saturated heterocycles. The van der Waals surface area contributed by atoms with Gasteiger partial charge in [-0.25, -0.2) is 0 Å². The lowest BCUT2D eigenvalue weighted by atomic mass is 9.99. The lowest BCUT2D eigenvalue weighted by Gasteiger charge is -2.33. The van der Waals surface area contributed by atoms with Crippen LogP contribution in [-0.4, -0.2) is 61.2 Å². The van der Waals surface area contributed by atoms with Gasteiger partial charge >= 0.3 is 5.69 Å². The average Bonchev–Trinajstić information content (AvgIpc) is 2.55. The number of anilines is 3. The first-order valence-corrected chi connectivity index (χ1v) is 8.58. The molecule has 3 N–H and O–H groups in total. The predicted molar refractivity (Wildman–Crippen MR) is 92.5 cm³/mol. The maximum atomic E-state index is 11.5. The maximum absolute atomic E-state index is 11.5. The molecular formula is C15H26N7O2+. The zero-order valence-corrected chi connectivity index (χ0v) is 14.4. The van der Waals surface area contributed by atoms with Crippen molar-refractivity contribution in [1.29, 1.82) is 0 Å². The van der Waals surface area contributed by atoms with Crippen molar-refractivity contribution < 1.29 is 9.82 Å². The predicted octanol–water partition coefficient (Wildman–Crippen LogP) is -0.462. The Morgan fingerprint density at radius 2 is 1.79 bits per heavy atom. The summed E-state index contributed by atoms with van der Waals surface area (Å²) in [5.41, 5.74) is 5.78. The minimum atomic E-state index is -0.458. The summed E-state index contributed by atoms with van der Waals surface area (Å²) in [5, 5.41) is 11.5. The molecule has 1 aromatic rings. The number of nitrogen functional groups attached to an aromatic ring is 1. The van der Waals surface area contributed by atoms with Crippen LogP contribution in [0.15, 0.2) is 0 Å². The van der Waals surface area contributed by atoms with Gasteiger partial charge in [-0.1, -0.05) is 6.92 Å². The van der Waals surface area contributed by atoms with E-state index in [1.165, 1.54) is 4.90 Å². The van der Waals surface area contributed by atoms with Crippen LogP contribution in [0.5, 0.6) is 0 Å². The van der Waals surface area contributed by atoms with Gasteiger partial charge in [0.05, 0.1) is 38.2 Å². The van der Waals surface area contributed by atoms with Crippen LogP contribution in [0.25, 0.3) is 0 Å². The number of rotatable bonds is 3. The summed E-state index contributed by atoms with van der Waals surface area (Å²) in [4.78, 5) is 25.3. The summed E-state index contributed by atoms with van der Waals surface area (Å²) in [6.45, 7) is 7.40. The number of likely N-dealkylation sites (N-methyl/N-ethyl adjacent to an activating group) is 1. The van der Waals surface area contributed by atoms with Crippen LogP contribution >= 0.6 is 0 Å². The molecule has 3 heterocycles. The van der Waals surface area contributed by atoms with Crippen LogP contribution in [0.2, 0.25) is 0 Å². The molecule has 1 aromatic heterocycles. The molecule has 0 aromatic carbocycles. The zero-order chi connectivity index (χ0) is 17.3. The molecule has 0 saturated carbocycles. The van der Waals surface area contributed by atoms with Crippen LogP contribution in [-0.2, 0) is 0 Å². The molecule has 9 heteroatoms. The molecule has 2 aliphatic rings. The second-order valence-electron chi connectivity index (χ2n) is 6.95. The molecule has 2 aliphatic heterocycles. The molecule has 132 valence electrons. The fourth-order valence-corrected chi connectivity index (χ4v) is 3.29. The Morgan fingerprint density at radius 1 is 1.17 bits per heavy atom. The number of hydrogen-bond acceptors (Lipinski definition) is 7. The molecule has 24 heavy (non-hydrogen) atoms. The quantitative estimate of drug-likeness (QED) is 0.568. The highest BCUT2D eigenvalue weighted by molar-refractivity contribution is 5.71. The van der Waals surface area contributed by atoms with Gasteiger partial charge in [0.15, 0.2) is 0 Å². The highest BCUT2D eigenvalue weighted by Gasteiger charge is 2.31. The fourth-order valence-electron chi connectivity index (χ4n) is 3.29. The van der Waals surface area contributed by atoms with Gasteiger partial charge in [-0.15, -0.1) is 0 Å². The molecule has 0 atom stereocenters. The molecule has 0 amide bonds. The SMILES string of the molecule is CC1CCN(c2nc(N3CC[NH+](C)CC3)nc(N)c2[N+](=O)[O-])CC1. The molecule has 9 nitrogen and oxygen atoms in total. The number of nitrogens with one attached hydrogen (secondary N) is 1. The third-order valence-corrected chi connectivity index (χ3v) is 5.05. The van der Waals surface area contributed by atoms with E-state index in [2.05, 4.69) is 28.8 Å². The molecule has 0 spiro atoms. The van der Waals surface area contributed by atoms with Gasteiger partial charge in [-0.2, -0.15) is 9.97 Å². The van der Waals surface area contributed by atoms with Crippen LogP contribution in [0, 0.1) is 16.0 Å². The number of quaternary nitrogens is 1. The molecular weight excluding hydrogens is 310 g/mol. The number of piperidine rings is 1. The van der Waals surface area contributed by atoms with Gasteiger partial charge in [0.25, 0.3) is 0 Å². The Bertz CT molecular complexity index is 608. The largest absolute Gasteiger partial charge is 0.378 e. The summed E-state index contributed by atoms with van der Waals surface area (Å²) < 4.78 is 0. The maximum Gasteiger partial charge on any atom is 0.353 e. The highest BCUT2D eigenvalue weighted by atomic mass is 16.6. The first-order chi connectivity index (χ1) is 11.5. The monoisotopic (exact) mass is 336 g/mol. The third kappa shape index (κ3) is 3.35. The van der Waals surface area contributed by atoms with E-state index >= 15 is 0 Å². The Labute approximate surface area is 141 Å². The molecule has 2 fully saturated rings. The van der Waals surface area contributed by atoms with E-state index in [0.29, 0.717) is 17.7 Å². The van der Waals surface area contributed by atoms with Crippen molar-refractivity contribution >= 4 is 23.3 Å². The van der Waals surface area contributed by atoms with Gasteiger partial charge in [0.1, 0.15) is 0 Å². The standard InChI is InChI=1S/C15H25N7O2/c1-11-3-5-20(6-4-11)14-12(22(23)24)13(16)17-15(18-14)21-9-7-19(2)8-10-21/h11H,3-10H2,1-2H3,(H2,16,17,18)/p+1. The molecule has 0 bridgehead atoms. The normalized spacial score (nSPS) is 20.4. The Hall–Kier alpha value is -2.16. The van der Waals surface area contributed by atoms with Gasteiger partial charge < -0.3 is 20.4 Å². The van der Waals surface area contributed by atoms with Crippen molar-refractivity contribution in [3.05, 3.63) is 10.1 Å². The van der Waals surface area contributed by atoms with Crippen LogP contribution < -0.4 is 20.4 Å². The third-order valence-electron chi connectivity index (χ3n) is 5.05. The Balaban J connectivity index is 1.93. The molecule has 0 aliphatic carbocycles. The van der Waals surface area contributed by atoms with E-state index in [-0.39, 0.29) is 11.5 Å². The van der Waals surface area contributed by atoms with E-state index in [4.69, 9.17) is 5.73 Å². The number of piperazine rings is 1. The number of nitro groups is 1. The van der Waals surface area contributed by atoms with Crippen molar-refractivity contribution in [2.45, 2.75) is 19.8 Å². The summed E-state index contributed by atoms with van der Waals surface area (Å²) in [7, 11) is 2.16. The van der Waals surface area contributed by atoms with Gasteiger partial charge in [-0.05, 0) is 18.8 Å². The number of nitrogens with two attached hydrogens (primary N) is 1. The van der Waals surface area contributed by atoms with Crippen molar-refractivity contribution in [3.63, 3.8) is 0 Å². The lowest BCUT2D eigenvalue weighted by molar-refractivity contribution is -0.880. The van der Waals surface area contributed by atoms with E-state index in [1.54, 1.807) is 0 Å². The molecule has 0 unspecified atom stereocenters. The van der Waals surface area contributed by atoms with Crippen LogP contribution in [0.1, 0.15) is 19.8 Å². The van der Waals surface area contributed by atoms with E-state index in [0.717, 1.165) is 52.1 Å². The van der Waals surface area contributed by atoms with Crippen molar-refractivity contribution in [3.8, 4) is 0 Å². The number of aromatic nitrogens is 2. The molecule has 3 rings (SSSR count). The summed E-state index contributed by atoms with van der Waals surface area (Å²) in [6.07, 6.45) is 2.02. The smallest absolute Gasteiger partial charge is 0.353 e. The second-order valence-corrected chi connectivity index (χ2v) is 6.95. The summed E-state index contributed by atoms with van der Waals surface area (Å²) in [5.74, 6) is 1.49. The van der Waals surface area contributed by atoms with E-state index in [1.807, 2.05) is 4.90 Å². The highest BCUT2D eigenvalue weighted by Crippen LogP contribution is 2.34. The second kappa shape index (κ2) is 6.76. The lowest BCUT2D eigenvalue weighted by Crippen LogP contribution is -3.12. The molecule has 0 radical (unpaired) electrons. The van der Waals surface area contributed by atoms with Gasteiger partial charge in [0.2, 0.25) is 17.6 Å². The summed E-state index contributed by atoms with van der Waals surface area (Å²) >= 11 is 0. The van der Waals surface area contributed by atoms with Gasteiger partial charge in [-0.3, -0.25) is 10.1 Å². The number of nitrogens with zero attached hydrogens (tertiary/aromatic N) is 5. The van der Waals surface area contributed by atoms with Crippen molar-refractivity contribution in [2.75, 3.05) is 61.8 Å². The summed E-state index contributed by atoms with van der Waals surface area (Å²) in [6, 6.07) is 0. The van der Waals surface area contributed by atoms with E-state index in [9.17, 15) is 10.1 Å². The first kappa shape index (κ1) is 16.7. The van der Waals surface area contributed by atoms with Gasteiger partial charge in [0, 0.05) is 13.1 Å². The minimum Gasteiger partial charge on any atom is -0.378 e. The van der Waals surface area contributed by atoms with Crippen LogP contribution in [0.3, 0.4) is 0 Å². The minimum absolute atomic E-state index is 0.0371. The van der Waals surface area contributed by atoms with E-state index < -0.39 is 4.92 Å².